The average molecular weight is 448 g/mol. The van der Waals surface area contributed by atoms with Crippen molar-refractivity contribution in [2.24, 2.45) is 46.3 Å². The Hall–Kier alpha value is -1.43. The van der Waals surface area contributed by atoms with Crippen LogP contribution in [0, 0.1) is 46.3 Å². The lowest BCUT2D eigenvalue weighted by atomic mass is 9.44. The zero-order chi connectivity index (χ0) is 23.3. The average Bonchev–Trinajstić information content (AvgIpc) is 3.09. The van der Waals surface area contributed by atoms with Crippen LogP contribution in [0.15, 0.2) is 0 Å². The Morgan fingerprint density at radius 2 is 1.84 bits per heavy atom. The van der Waals surface area contributed by atoms with Crippen molar-refractivity contribution in [3.63, 3.8) is 0 Å². The highest BCUT2D eigenvalue weighted by atomic mass is 16.4. The number of rotatable bonds is 6. The maximum absolute atomic E-state index is 12.1. The van der Waals surface area contributed by atoms with Crippen LogP contribution in [0.1, 0.15) is 85.0 Å². The zero-order valence-electron chi connectivity index (χ0n) is 19.9. The fourth-order valence-corrected chi connectivity index (χ4v) is 8.81. The number of aliphatic hydroxyl groups excluding tert-OH is 1. The number of fused-ring (bicyclic) bond motifs is 5. The predicted octanol–water partition coefficient (Wildman–Crippen LogP) is 3.80. The molecule has 1 amide bonds. The maximum atomic E-state index is 12.1. The number of Topliss-reactive ketones (excluding diaryl/α,β-unsaturated/α-hetero) is 1. The summed E-state index contributed by atoms with van der Waals surface area (Å²) in [7, 11) is 0. The second-order valence-electron chi connectivity index (χ2n) is 12.0. The maximum Gasteiger partial charge on any atom is 0.322 e. The van der Waals surface area contributed by atoms with Crippen LogP contribution in [0.25, 0.3) is 0 Å². The SMILES string of the molecule is C[C@H](CCC(=O)NCC(=O)O)[C@H]1CC[C@H]2[C@@H]3[C@H](O)CC4CC(=O)CC[C@]4(C)[C@H]3CC[C@]12C. The van der Waals surface area contributed by atoms with Gasteiger partial charge in [-0.05, 0) is 91.3 Å². The van der Waals surface area contributed by atoms with Crippen molar-refractivity contribution in [1.29, 1.82) is 0 Å². The minimum absolute atomic E-state index is 0.184. The number of carboxylic acid groups (broad SMARTS) is 1. The summed E-state index contributed by atoms with van der Waals surface area (Å²) < 4.78 is 0. The van der Waals surface area contributed by atoms with Crippen molar-refractivity contribution >= 4 is 17.7 Å². The monoisotopic (exact) mass is 447 g/mol. The smallest absolute Gasteiger partial charge is 0.322 e. The van der Waals surface area contributed by atoms with Crippen LogP contribution in [0.4, 0.5) is 0 Å². The normalized spacial score (nSPS) is 44.2. The summed E-state index contributed by atoms with van der Waals surface area (Å²) in [6.07, 6.45) is 8.57. The van der Waals surface area contributed by atoms with Crippen LogP contribution in [0.5, 0.6) is 0 Å². The van der Waals surface area contributed by atoms with Crippen molar-refractivity contribution in [3.05, 3.63) is 0 Å². The van der Waals surface area contributed by atoms with Crippen molar-refractivity contribution in [2.75, 3.05) is 6.54 Å². The van der Waals surface area contributed by atoms with Crippen molar-refractivity contribution in [1.82, 2.24) is 5.32 Å². The summed E-state index contributed by atoms with van der Waals surface area (Å²) in [5, 5.41) is 22.5. The number of amides is 1. The Balaban J connectivity index is 1.44. The number of carbonyl (C=O) groups excluding carboxylic acids is 2. The molecule has 180 valence electrons. The number of hydrogen-bond donors (Lipinski definition) is 3. The van der Waals surface area contributed by atoms with Crippen LogP contribution in [0.3, 0.4) is 0 Å². The molecule has 4 rings (SSSR count). The van der Waals surface area contributed by atoms with Gasteiger partial charge in [0.2, 0.25) is 5.91 Å². The highest BCUT2D eigenvalue weighted by Gasteiger charge is 2.62. The molecule has 6 heteroatoms. The molecule has 0 saturated heterocycles. The number of hydrogen-bond acceptors (Lipinski definition) is 4. The summed E-state index contributed by atoms with van der Waals surface area (Å²) in [6.45, 7) is 6.76. The van der Waals surface area contributed by atoms with Gasteiger partial charge in [-0.15, -0.1) is 0 Å². The van der Waals surface area contributed by atoms with Crippen LogP contribution >= 0.6 is 0 Å². The van der Waals surface area contributed by atoms with Crippen molar-refractivity contribution < 1.29 is 24.6 Å². The lowest BCUT2D eigenvalue weighted by Gasteiger charge is -2.62. The van der Waals surface area contributed by atoms with E-state index < -0.39 is 5.97 Å². The van der Waals surface area contributed by atoms with Gasteiger partial charge in [-0.2, -0.15) is 0 Å². The van der Waals surface area contributed by atoms with E-state index in [9.17, 15) is 19.5 Å². The Morgan fingerprint density at radius 1 is 1.12 bits per heavy atom. The molecule has 4 saturated carbocycles. The second-order valence-corrected chi connectivity index (χ2v) is 12.0. The predicted molar refractivity (Wildman–Crippen MR) is 121 cm³/mol. The van der Waals surface area contributed by atoms with Gasteiger partial charge in [0.1, 0.15) is 12.3 Å². The van der Waals surface area contributed by atoms with Crippen LogP contribution in [-0.4, -0.2) is 40.5 Å². The van der Waals surface area contributed by atoms with E-state index >= 15 is 0 Å². The molecule has 0 aromatic rings. The Kier molecular flexibility index (Phi) is 6.47. The van der Waals surface area contributed by atoms with E-state index in [-0.39, 0.29) is 29.4 Å². The summed E-state index contributed by atoms with van der Waals surface area (Å²) >= 11 is 0. The highest BCUT2D eigenvalue weighted by Crippen LogP contribution is 2.68. The Morgan fingerprint density at radius 3 is 2.56 bits per heavy atom. The molecule has 0 aliphatic heterocycles. The van der Waals surface area contributed by atoms with Crippen LogP contribution in [0.2, 0.25) is 0 Å². The molecule has 32 heavy (non-hydrogen) atoms. The number of aliphatic hydroxyl groups is 1. The summed E-state index contributed by atoms with van der Waals surface area (Å²) in [4.78, 5) is 34.8. The molecule has 4 fully saturated rings. The topological polar surface area (TPSA) is 104 Å². The second kappa shape index (κ2) is 8.73. The number of carboxylic acids is 1. The first-order valence-corrected chi connectivity index (χ1v) is 12.7. The molecule has 6 nitrogen and oxygen atoms in total. The van der Waals surface area contributed by atoms with Gasteiger partial charge < -0.3 is 15.5 Å². The van der Waals surface area contributed by atoms with Gasteiger partial charge in [0.15, 0.2) is 0 Å². The zero-order valence-corrected chi connectivity index (χ0v) is 19.9. The van der Waals surface area contributed by atoms with E-state index in [2.05, 4.69) is 26.1 Å². The van der Waals surface area contributed by atoms with E-state index in [4.69, 9.17) is 5.11 Å². The Bertz CT molecular complexity index is 767. The van der Waals surface area contributed by atoms with Crippen LogP contribution < -0.4 is 5.32 Å². The minimum Gasteiger partial charge on any atom is -0.480 e. The molecule has 0 aromatic carbocycles. The molecule has 4 aliphatic carbocycles. The van der Waals surface area contributed by atoms with E-state index in [1.807, 2.05) is 0 Å². The van der Waals surface area contributed by atoms with Gasteiger partial charge in [-0.1, -0.05) is 20.8 Å². The third-order valence-electron chi connectivity index (χ3n) is 10.5. The molecule has 3 N–H and O–H groups in total. The fraction of sp³-hybridized carbons (Fsp3) is 0.885. The quantitative estimate of drug-likeness (QED) is 0.575. The van der Waals surface area contributed by atoms with Crippen molar-refractivity contribution in [2.45, 2.75) is 91.1 Å². The van der Waals surface area contributed by atoms with Gasteiger partial charge >= 0.3 is 5.97 Å². The van der Waals surface area contributed by atoms with Gasteiger partial charge in [0.25, 0.3) is 0 Å². The molecular formula is C26H41NO5. The van der Waals surface area contributed by atoms with Crippen molar-refractivity contribution in [3.8, 4) is 0 Å². The Labute approximate surface area is 191 Å². The number of ketones is 1. The highest BCUT2D eigenvalue weighted by molar-refractivity contribution is 5.81. The minimum atomic E-state index is -1.02. The molecule has 4 aliphatic rings. The molecule has 1 unspecified atom stereocenters. The summed E-state index contributed by atoms with van der Waals surface area (Å²) in [6, 6.07) is 0. The van der Waals surface area contributed by atoms with Gasteiger partial charge in [0.05, 0.1) is 6.10 Å². The third kappa shape index (κ3) is 4.01. The molecule has 9 atom stereocenters. The third-order valence-corrected chi connectivity index (χ3v) is 10.5. The van der Waals surface area contributed by atoms with E-state index in [0.717, 1.165) is 38.5 Å². The van der Waals surface area contributed by atoms with Gasteiger partial charge in [0, 0.05) is 19.3 Å². The first-order valence-electron chi connectivity index (χ1n) is 12.7. The van der Waals surface area contributed by atoms with E-state index in [1.54, 1.807) is 0 Å². The number of aliphatic carboxylic acids is 1. The first-order chi connectivity index (χ1) is 15.1. The van der Waals surface area contributed by atoms with E-state index in [0.29, 0.717) is 60.6 Å². The largest absolute Gasteiger partial charge is 0.480 e. The summed E-state index contributed by atoms with van der Waals surface area (Å²) in [5.41, 5.74) is 0.373. The molecule has 0 bridgehead atoms. The first kappa shape index (κ1) is 23.7. The number of carbonyl (C=O) groups is 3. The molecular weight excluding hydrogens is 406 g/mol. The van der Waals surface area contributed by atoms with Gasteiger partial charge in [-0.3, -0.25) is 14.4 Å². The fourth-order valence-electron chi connectivity index (χ4n) is 8.81. The molecule has 0 heterocycles. The number of nitrogens with one attached hydrogen (secondary N) is 1. The lowest BCUT2D eigenvalue weighted by molar-refractivity contribution is -0.168. The van der Waals surface area contributed by atoms with Crippen LogP contribution in [-0.2, 0) is 14.4 Å². The molecule has 0 radical (unpaired) electrons. The van der Waals surface area contributed by atoms with E-state index in [1.165, 1.54) is 6.42 Å². The lowest BCUT2D eigenvalue weighted by Crippen LogP contribution is -2.58. The summed E-state index contributed by atoms with van der Waals surface area (Å²) in [5.74, 6) is 1.80. The van der Waals surface area contributed by atoms with Gasteiger partial charge in [-0.25, -0.2) is 0 Å². The molecule has 0 spiro atoms. The standard InChI is InChI=1S/C26H41NO5/c1-15(4-7-22(30)27-14-23(31)32)18-5-6-19-24-20(9-11-26(18,19)3)25(2)10-8-17(28)12-16(25)13-21(24)29/h15-16,18-21,24,29H,4-14H2,1-3H3,(H,27,30)(H,31,32)/t15-,16?,18-,19+,20+,21-,24+,25+,26-/m1/s1. The molecule has 0 aromatic heterocycles.